The van der Waals surface area contributed by atoms with Gasteiger partial charge >= 0.3 is 0 Å². The van der Waals surface area contributed by atoms with Crippen molar-refractivity contribution in [2.45, 2.75) is 0 Å². The number of carbonyl (C=O) groups excluding carboxylic acids is 2. The van der Waals surface area contributed by atoms with Crippen LogP contribution in [0.1, 0.15) is 0 Å². The molecular formula is C5H10N2O2S2. The molecule has 0 aromatic heterocycles. The van der Waals surface area contributed by atoms with E-state index in [1.807, 2.05) is 0 Å². The molecule has 0 spiro atoms. The summed E-state index contributed by atoms with van der Waals surface area (Å²) in [4.78, 5) is 19.0. The van der Waals surface area contributed by atoms with Crippen molar-refractivity contribution in [2.75, 3.05) is 6.54 Å². The van der Waals surface area contributed by atoms with Crippen LogP contribution >= 0.6 is 25.3 Å². The highest BCUT2D eigenvalue weighted by atomic mass is 32.1. The van der Waals surface area contributed by atoms with Crippen LogP contribution in [0.15, 0.2) is 12.7 Å². The number of amides is 2. The molecule has 0 aliphatic carbocycles. The summed E-state index contributed by atoms with van der Waals surface area (Å²) in [5.74, 6) is 0. The Kier molecular flexibility index (Phi) is 11.1. The lowest BCUT2D eigenvalue weighted by Gasteiger charge is -1.89. The Balaban J connectivity index is 0. The number of primary amides is 1. The Hall–Kier alpha value is -0.620. The number of rotatable bonds is 2. The summed E-state index contributed by atoms with van der Waals surface area (Å²) < 4.78 is 0. The van der Waals surface area contributed by atoms with Crippen molar-refractivity contribution in [3.05, 3.63) is 12.7 Å². The molecule has 0 bridgehead atoms. The Labute approximate surface area is 76.0 Å². The summed E-state index contributed by atoms with van der Waals surface area (Å²) in [6.07, 6.45) is 1.59. The summed E-state index contributed by atoms with van der Waals surface area (Å²) in [6.45, 7) is 3.87. The zero-order chi connectivity index (χ0) is 9.28. The maximum Gasteiger partial charge on any atom is 0.276 e. The predicted octanol–water partition coefficient (Wildman–Crippen LogP) is 0.807. The molecule has 0 fully saturated rings. The molecule has 0 heterocycles. The molecule has 0 aliphatic rings. The summed E-state index contributed by atoms with van der Waals surface area (Å²) in [5.41, 5.74) is 4.34. The molecule has 64 valence electrons. The van der Waals surface area contributed by atoms with E-state index in [2.05, 4.69) is 42.9 Å². The molecule has 0 saturated heterocycles. The molecule has 0 saturated carbocycles. The standard InChI is InChI=1S/C4H7NOS.CH3NOS/c1-2-3-5-4(6)7;2-1(3)4/h2H,1,3H2,(H2,5,6,7);(H3,2,3,4). The zero-order valence-corrected chi connectivity index (χ0v) is 7.57. The van der Waals surface area contributed by atoms with Crippen LogP contribution in [-0.4, -0.2) is 17.0 Å². The number of hydrogen-bond acceptors (Lipinski definition) is 2. The fourth-order valence-electron chi connectivity index (χ4n) is 0.159. The highest BCUT2D eigenvalue weighted by molar-refractivity contribution is 7.96. The van der Waals surface area contributed by atoms with Gasteiger partial charge in [-0.1, -0.05) is 31.3 Å². The van der Waals surface area contributed by atoms with Gasteiger partial charge in [0.25, 0.3) is 10.5 Å². The topological polar surface area (TPSA) is 72.2 Å². The van der Waals surface area contributed by atoms with E-state index in [1.165, 1.54) is 0 Å². The first-order chi connectivity index (χ1) is 5.00. The van der Waals surface area contributed by atoms with Crippen LogP contribution in [0, 0.1) is 0 Å². The van der Waals surface area contributed by atoms with E-state index in [1.54, 1.807) is 6.08 Å². The van der Waals surface area contributed by atoms with Gasteiger partial charge in [-0.25, -0.2) is 0 Å². The first-order valence-electron chi connectivity index (χ1n) is 2.56. The van der Waals surface area contributed by atoms with Crippen molar-refractivity contribution in [1.82, 2.24) is 5.32 Å². The lowest BCUT2D eigenvalue weighted by molar-refractivity contribution is 0.262. The van der Waals surface area contributed by atoms with Gasteiger partial charge in [0, 0.05) is 6.54 Å². The smallest absolute Gasteiger partial charge is 0.276 e. The first kappa shape index (κ1) is 13.0. The van der Waals surface area contributed by atoms with Crippen LogP contribution in [0.5, 0.6) is 0 Å². The summed E-state index contributed by atoms with van der Waals surface area (Å²) in [6, 6.07) is 0. The van der Waals surface area contributed by atoms with Gasteiger partial charge in [0.2, 0.25) is 0 Å². The minimum absolute atomic E-state index is 0.320. The number of hydrogen-bond donors (Lipinski definition) is 4. The van der Waals surface area contributed by atoms with Gasteiger partial charge < -0.3 is 11.1 Å². The number of nitrogens with two attached hydrogens (primary N) is 1. The van der Waals surface area contributed by atoms with Crippen molar-refractivity contribution in [3.63, 3.8) is 0 Å². The van der Waals surface area contributed by atoms with Crippen LogP contribution in [0.4, 0.5) is 9.59 Å². The molecule has 0 rings (SSSR count). The molecule has 0 radical (unpaired) electrons. The maximum absolute atomic E-state index is 9.91. The Morgan fingerprint density at radius 3 is 2.00 bits per heavy atom. The van der Waals surface area contributed by atoms with E-state index in [0.29, 0.717) is 6.54 Å². The monoisotopic (exact) mass is 194 g/mol. The van der Waals surface area contributed by atoms with Gasteiger partial charge in [0.15, 0.2) is 0 Å². The van der Waals surface area contributed by atoms with E-state index in [0.717, 1.165) is 0 Å². The van der Waals surface area contributed by atoms with Crippen molar-refractivity contribution in [2.24, 2.45) is 5.73 Å². The molecule has 0 unspecified atom stereocenters. The minimum Gasteiger partial charge on any atom is -0.361 e. The largest absolute Gasteiger partial charge is 0.361 e. The lowest BCUT2D eigenvalue weighted by Crippen LogP contribution is -2.15. The van der Waals surface area contributed by atoms with Crippen LogP contribution in [-0.2, 0) is 0 Å². The van der Waals surface area contributed by atoms with Crippen LogP contribution < -0.4 is 11.1 Å². The third-order valence-corrected chi connectivity index (χ3v) is 0.556. The molecule has 2 amide bonds. The Morgan fingerprint density at radius 2 is 1.91 bits per heavy atom. The number of nitrogens with one attached hydrogen (secondary N) is 1. The molecule has 4 nitrogen and oxygen atoms in total. The fraction of sp³-hybridized carbons (Fsp3) is 0.200. The van der Waals surface area contributed by atoms with E-state index >= 15 is 0 Å². The summed E-state index contributed by atoms with van der Waals surface area (Å²) >= 11 is 6.54. The van der Waals surface area contributed by atoms with E-state index < -0.39 is 5.24 Å². The van der Waals surface area contributed by atoms with E-state index in [4.69, 9.17) is 4.79 Å². The fourth-order valence-corrected chi connectivity index (χ4v) is 0.251. The second kappa shape index (κ2) is 9.38. The highest BCUT2D eigenvalue weighted by Gasteiger charge is 1.82. The Bertz CT molecular complexity index is 145. The highest BCUT2D eigenvalue weighted by Crippen LogP contribution is 1.72. The zero-order valence-electron chi connectivity index (χ0n) is 5.78. The minimum atomic E-state index is -0.639. The molecule has 0 aliphatic heterocycles. The van der Waals surface area contributed by atoms with Gasteiger partial charge in [0.1, 0.15) is 0 Å². The van der Waals surface area contributed by atoms with Crippen molar-refractivity contribution in [3.8, 4) is 0 Å². The van der Waals surface area contributed by atoms with Gasteiger partial charge in [0.05, 0.1) is 0 Å². The summed E-state index contributed by atoms with van der Waals surface area (Å²) in [7, 11) is 0. The van der Waals surface area contributed by atoms with Gasteiger partial charge in [-0.2, -0.15) is 0 Å². The normalized spacial score (nSPS) is 7.09. The maximum atomic E-state index is 9.91. The first-order valence-corrected chi connectivity index (χ1v) is 3.46. The van der Waals surface area contributed by atoms with Crippen molar-refractivity contribution >= 4 is 35.7 Å². The molecule has 0 aromatic carbocycles. The molecule has 3 N–H and O–H groups in total. The van der Waals surface area contributed by atoms with E-state index in [9.17, 15) is 4.79 Å². The lowest BCUT2D eigenvalue weighted by atomic mass is 10.6. The predicted molar refractivity (Wildman–Crippen MR) is 51.2 cm³/mol. The third kappa shape index (κ3) is 44.7. The van der Waals surface area contributed by atoms with Crippen LogP contribution in [0.25, 0.3) is 0 Å². The van der Waals surface area contributed by atoms with Crippen molar-refractivity contribution < 1.29 is 9.59 Å². The molecule has 6 heteroatoms. The van der Waals surface area contributed by atoms with Gasteiger partial charge in [-0.05, 0) is 0 Å². The Morgan fingerprint density at radius 1 is 1.55 bits per heavy atom. The average molecular weight is 194 g/mol. The second-order valence-corrected chi connectivity index (χ2v) is 2.16. The van der Waals surface area contributed by atoms with E-state index in [-0.39, 0.29) is 5.24 Å². The van der Waals surface area contributed by atoms with Crippen LogP contribution in [0.3, 0.4) is 0 Å². The molecule has 11 heavy (non-hydrogen) atoms. The quantitative estimate of drug-likeness (QED) is 0.388. The van der Waals surface area contributed by atoms with Gasteiger partial charge in [-0.3, -0.25) is 9.59 Å². The van der Waals surface area contributed by atoms with Crippen molar-refractivity contribution in [1.29, 1.82) is 0 Å². The average Bonchev–Trinajstić information content (AvgIpc) is 1.82. The number of carbonyl (C=O) groups is 2. The second-order valence-electron chi connectivity index (χ2n) is 1.31. The van der Waals surface area contributed by atoms with Gasteiger partial charge in [-0.15, -0.1) is 6.58 Å². The number of thiol groups is 2. The molecular weight excluding hydrogens is 184 g/mol. The van der Waals surface area contributed by atoms with Crippen LogP contribution in [0.2, 0.25) is 0 Å². The molecule has 0 atom stereocenters. The third-order valence-electron chi connectivity index (χ3n) is 0.398. The molecule has 0 aromatic rings. The summed E-state index contributed by atoms with van der Waals surface area (Å²) in [5, 5.41) is 1.44. The SMILES string of the molecule is C=CCNC(=O)S.NC(=O)S.